The fourth-order valence-electron chi connectivity index (χ4n) is 3.87. The molecule has 0 saturated carbocycles. The van der Waals surface area contributed by atoms with E-state index in [1.807, 2.05) is 24.3 Å². The minimum Gasteiger partial charge on any atom is -0.320 e. The zero-order valence-corrected chi connectivity index (χ0v) is 16.2. The Kier molecular flexibility index (Phi) is 4.99. The molecule has 1 aliphatic rings. The predicted molar refractivity (Wildman–Crippen MR) is 109 cm³/mol. The van der Waals surface area contributed by atoms with Crippen molar-refractivity contribution in [2.24, 2.45) is 0 Å². The molecule has 0 fully saturated rings. The van der Waals surface area contributed by atoms with E-state index in [1.165, 1.54) is 12.1 Å². The lowest BCUT2D eigenvalue weighted by Crippen LogP contribution is -2.17. The number of benzene rings is 2. The fraction of sp³-hybridized carbons (Fsp3) is 0.304. The van der Waals surface area contributed by atoms with Crippen LogP contribution in [0.2, 0.25) is 0 Å². The van der Waals surface area contributed by atoms with Crippen molar-refractivity contribution >= 4 is 11.6 Å². The number of nitrogens with one attached hydrogen (secondary N) is 1. The Balaban J connectivity index is 1.72. The third-order valence-electron chi connectivity index (χ3n) is 5.30. The third kappa shape index (κ3) is 3.44. The molecule has 1 amide bonds. The maximum Gasteiger partial charge on any atom is 0.276 e. The normalized spacial score (nSPS) is 13.4. The molecule has 1 aromatic heterocycles. The van der Waals surface area contributed by atoms with Crippen LogP contribution in [-0.4, -0.2) is 15.7 Å². The van der Waals surface area contributed by atoms with Gasteiger partial charge in [-0.25, -0.2) is 9.07 Å². The number of hydrogen-bond acceptors (Lipinski definition) is 2. The molecule has 0 spiro atoms. The Labute approximate surface area is 164 Å². The number of carbonyl (C=O) groups excluding carboxylic acids is 1. The van der Waals surface area contributed by atoms with Gasteiger partial charge in [-0.1, -0.05) is 32.0 Å². The molecular formula is C23H24FN3O. The van der Waals surface area contributed by atoms with E-state index >= 15 is 0 Å². The van der Waals surface area contributed by atoms with Crippen molar-refractivity contribution in [2.75, 3.05) is 5.32 Å². The second kappa shape index (κ2) is 7.58. The van der Waals surface area contributed by atoms with Crippen LogP contribution in [0, 0.1) is 5.82 Å². The fourth-order valence-corrected chi connectivity index (χ4v) is 3.87. The molecule has 0 atom stereocenters. The number of amides is 1. The Morgan fingerprint density at radius 3 is 2.54 bits per heavy atom. The molecule has 4 rings (SSSR count). The Morgan fingerprint density at radius 1 is 1.07 bits per heavy atom. The van der Waals surface area contributed by atoms with E-state index < -0.39 is 0 Å². The van der Waals surface area contributed by atoms with Crippen LogP contribution in [0.4, 0.5) is 10.1 Å². The first-order valence-corrected chi connectivity index (χ1v) is 9.81. The second-order valence-electron chi connectivity index (χ2n) is 7.57. The van der Waals surface area contributed by atoms with Crippen LogP contribution in [0.25, 0.3) is 5.69 Å². The van der Waals surface area contributed by atoms with Crippen molar-refractivity contribution in [1.82, 2.24) is 9.78 Å². The van der Waals surface area contributed by atoms with E-state index in [-0.39, 0.29) is 11.7 Å². The summed E-state index contributed by atoms with van der Waals surface area (Å²) in [5, 5.41) is 7.70. The van der Waals surface area contributed by atoms with E-state index in [4.69, 9.17) is 0 Å². The maximum atomic E-state index is 13.3. The van der Waals surface area contributed by atoms with Crippen LogP contribution in [0.1, 0.15) is 59.9 Å². The van der Waals surface area contributed by atoms with Gasteiger partial charge < -0.3 is 5.32 Å². The quantitative estimate of drug-likeness (QED) is 0.674. The topological polar surface area (TPSA) is 46.9 Å². The van der Waals surface area contributed by atoms with Gasteiger partial charge >= 0.3 is 0 Å². The van der Waals surface area contributed by atoms with E-state index in [9.17, 15) is 9.18 Å². The van der Waals surface area contributed by atoms with Gasteiger partial charge in [0.1, 0.15) is 5.82 Å². The lowest BCUT2D eigenvalue weighted by atomic mass is 9.95. The molecule has 0 aliphatic heterocycles. The maximum absolute atomic E-state index is 13.3. The van der Waals surface area contributed by atoms with E-state index in [0.717, 1.165) is 53.9 Å². The highest BCUT2D eigenvalue weighted by molar-refractivity contribution is 6.04. The van der Waals surface area contributed by atoms with Gasteiger partial charge in [0.15, 0.2) is 5.69 Å². The minimum atomic E-state index is -0.284. The molecule has 0 bridgehead atoms. The van der Waals surface area contributed by atoms with Crippen LogP contribution in [0.5, 0.6) is 0 Å². The molecule has 28 heavy (non-hydrogen) atoms. The number of hydrogen-bond donors (Lipinski definition) is 1. The Bertz CT molecular complexity index is 1010. The van der Waals surface area contributed by atoms with E-state index in [1.54, 1.807) is 16.8 Å². The van der Waals surface area contributed by atoms with Crippen molar-refractivity contribution < 1.29 is 9.18 Å². The lowest BCUT2D eigenvalue weighted by Gasteiger charge is -2.15. The molecule has 4 nitrogen and oxygen atoms in total. The first-order chi connectivity index (χ1) is 13.5. The molecule has 0 radical (unpaired) electrons. The third-order valence-corrected chi connectivity index (χ3v) is 5.30. The van der Waals surface area contributed by atoms with Crippen LogP contribution in [0.15, 0.2) is 48.5 Å². The molecule has 1 heterocycles. The van der Waals surface area contributed by atoms with Gasteiger partial charge in [-0.3, -0.25) is 4.79 Å². The molecule has 1 N–H and O–H groups in total. The summed E-state index contributed by atoms with van der Waals surface area (Å²) in [6.45, 7) is 4.21. The monoisotopic (exact) mass is 377 g/mol. The molecule has 3 aromatic rings. The minimum absolute atomic E-state index is 0.188. The average Bonchev–Trinajstić information content (AvgIpc) is 3.09. The van der Waals surface area contributed by atoms with Crippen LogP contribution in [-0.2, 0) is 12.8 Å². The number of anilines is 1. The van der Waals surface area contributed by atoms with E-state index in [2.05, 4.69) is 24.3 Å². The molecule has 1 aliphatic carbocycles. The summed E-state index contributed by atoms with van der Waals surface area (Å²) in [4.78, 5) is 13.1. The zero-order valence-electron chi connectivity index (χ0n) is 16.2. The SMILES string of the molecule is CC(C)c1ccccc1NC(=O)c1nn(-c2ccc(F)cc2)c2c1CCCC2. The summed E-state index contributed by atoms with van der Waals surface area (Å²) >= 11 is 0. The van der Waals surface area contributed by atoms with E-state index in [0.29, 0.717) is 11.6 Å². The summed E-state index contributed by atoms with van der Waals surface area (Å²) in [5.41, 5.74) is 5.24. The number of nitrogens with zero attached hydrogens (tertiary/aromatic N) is 2. The summed E-state index contributed by atoms with van der Waals surface area (Å²) in [7, 11) is 0. The number of rotatable bonds is 4. The highest BCUT2D eigenvalue weighted by Gasteiger charge is 2.26. The van der Waals surface area contributed by atoms with Gasteiger partial charge in [0, 0.05) is 16.9 Å². The highest BCUT2D eigenvalue weighted by atomic mass is 19.1. The van der Waals surface area contributed by atoms with Gasteiger partial charge in [-0.15, -0.1) is 0 Å². The van der Waals surface area contributed by atoms with Gasteiger partial charge in [0.2, 0.25) is 0 Å². The van der Waals surface area contributed by atoms with Gasteiger partial charge in [0.25, 0.3) is 5.91 Å². The molecular weight excluding hydrogens is 353 g/mol. The van der Waals surface area contributed by atoms with Crippen molar-refractivity contribution in [3.63, 3.8) is 0 Å². The smallest absolute Gasteiger partial charge is 0.276 e. The Morgan fingerprint density at radius 2 is 1.79 bits per heavy atom. The standard InChI is InChI=1S/C23H24FN3O/c1-15(2)18-7-3-5-9-20(18)25-23(28)22-19-8-4-6-10-21(19)27(26-22)17-13-11-16(24)12-14-17/h3,5,7,9,11-15H,4,6,8,10H2,1-2H3,(H,25,28). The second-order valence-corrected chi connectivity index (χ2v) is 7.57. The number of fused-ring (bicyclic) bond motifs is 1. The van der Waals surface area contributed by atoms with Crippen molar-refractivity contribution in [3.8, 4) is 5.69 Å². The summed E-state index contributed by atoms with van der Waals surface area (Å²) in [6.07, 6.45) is 3.82. The van der Waals surface area contributed by atoms with Gasteiger partial charge in [-0.05, 0) is 67.5 Å². The summed E-state index contributed by atoms with van der Waals surface area (Å²) < 4.78 is 15.1. The molecule has 144 valence electrons. The van der Waals surface area contributed by atoms with Crippen LogP contribution in [0.3, 0.4) is 0 Å². The molecule has 2 aromatic carbocycles. The van der Waals surface area contributed by atoms with Crippen molar-refractivity contribution in [1.29, 1.82) is 0 Å². The van der Waals surface area contributed by atoms with Crippen LogP contribution < -0.4 is 5.32 Å². The largest absolute Gasteiger partial charge is 0.320 e. The lowest BCUT2D eigenvalue weighted by molar-refractivity contribution is 0.102. The number of carbonyl (C=O) groups is 1. The number of para-hydroxylation sites is 1. The number of halogens is 1. The zero-order chi connectivity index (χ0) is 19.7. The molecule has 0 unspecified atom stereocenters. The van der Waals surface area contributed by atoms with Crippen LogP contribution >= 0.6 is 0 Å². The first kappa shape index (κ1) is 18.4. The molecule has 5 heteroatoms. The molecule has 0 saturated heterocycles. The summed E-state index contributed by atoms with van der Waals surface area (Å²) in [6, 6.07) is 14.1. The highest BCUT2D eigenvalue weighted by Crippen LogP contribution is 2.29. The van der Waals surface area contributed by atoms with Crippen molar-refractivity contribution in [3.05, 3.63) is 76.9 Å². The van der Waals surface area contributed by atoms with Gasteiger partial charge in [-0.2, -0.15) is 5.10 Å². The average molecular weight is 377 g/mol. The summed E-state index contributed by atoms with van der Waals surface area (Å²) in [5.74, 6) is -0.165. The van der Waals surface area contributed by atoms with Crippen molar-refractivity contribution in [2.45, 2.75) is 45.4 Å². The first-order valence-electron chi connectivity index (χ1n) is 9.81. The van der Waals surface area contributed by atoms with Gasteiger partial charge in [0.05, 0.1) is 5.69 Å². The predicted octanol–water partition coefficient (Wildman–Crippen LogP) is 5.27. The Hall–Kier alpha value is -2.95. The number of aromatic nitrogens is 2.